The quantitative estimate of drug-likeness (QED) is 0.172. The van der Waals surface area contributed by atoms with Crippen molar-refractivity contribution >= 4 is 27.8 Å². The molecule has 10 aromatic carbocycles. The molecule has 0 amide bonds. The number of hydrogen-bond donors (Lipinski definition) is 0. The number of hydrogen-bond acceptors (Lipinski definition) is 1. The molecule has 3 aliphatic rings. The molecule has 1 heteroatoms. The summed E-state index contributed by atoms with van der Waals surface area (Å²) in [4.78, 5) is 2.48. The zero-order valence-corrected chi connectivity index (χ0v) is 33.5. The van der Waals surface area contributed by atoms with Crippen LogP contribution in [0.15, 0.2) is 237 Å². The summed E-state index contributed by atoms with van der Waals surface area (Å²) in [5, 5.41) is 2.44. The molecular formula is C60H39N. The van der Waals surface area contributed by atoms with Crippen LogP contribution in [0.25, 0.3) is 44.2 Å². The van der Waals surface area contributed by atoms with Crippen molar-refractivity contribution < 1.29 is 0 Å². The molecule has 3 aliphatic carbocycles. The topological polar surface area (TPSA) is 3.24 Å². The van der Waals surface area contributed by atoms with E-state index in [4.69, 9.17) is 0 Å². The molecule has 0 fully saturated rings. The van der Waals surface area contributed by atoms with Crippen LogP contribution < -0.4 is 4.90 Å². The fraction of sp³-hybridized carbons (Fsp3) is 0.0333. The van der Waals surface area contributed by atoms with Crippen LogP contribution >= 0.6 is 0 Å². The third-order valence-corrected chi connectivity index (χ3v) is 13.9. The van der Waals surface area contributed by atoms with Crippen LogP contribution in [-0.4, -0.2) is 0 Å². The van der Waals surface area contributed by atoms with Gasteiger partial charge in [-0.3, -0.25) is 0 Å². The van der Waals surface area contributed by atoms with Crippen molar-refractivity contribution in [1.29, 1.82) is 0 Å². The summed E-state index contributed by atoms with van der Waals surface area (Å²) in [5.74, 6) is 0. The van der Waals surface area contributed by atoms with E-state index in [0.717, 1.165) is 17.1 Å². The highest BCUT2D eigenvalue weighted by Crippen LogP contribution is 2.67. The Labute approximate surface area is 356 Å². The van der Waals surface area contributed by atoms with Crippen LogP contribution in [0.4, 0.5) is 17.1 Å². The van der Waals surface area contributed by atoms with Gasteiger partial charge in [0.15, 0.2) is 0 Å². The third kappa shape index (κ3) is 4.55. The number of nitrogens with zero attached hydrogens (tertiary/aromatic N) is 1. The highest BCUT2D eigenvalue weighted by molar-refractivity contribution is 5.95. The highest BCUT2D eigenvalue weighted by Gasteiger charge is 2.59. The minimum absolute atomic E-state index is 0.531. The Morgan fingerprint density at radius 2 is 0.639 bits per heavy atom. The van der Waals surface area contributed by atoms with Crippen LogP contribution in [0, 0.1) is 0 Å². The Balaban J connectivity index is 1.17. The molecule has 13 rings (SSSR count). The Morgan fingerprint density at radius 1 is 0.230 bits per heavy atom. The number of benzene rings is 10. The molecular weight excluding hydrogens is 735 g/mol. The Morgan fingerprint density at radius 3 is 1.23 bits per heavy atom. The van der Waals surface area contributed by atoms with Crippen molar-refractivity contribution in [3.8, 4) is 33.4 Å². The molecule has 0 heterocycles. The van der Waals surface area contributed by atoms with Crippen molar-refractivity contribution in [2.24, 2.45) is 0 Å². The minimum Gasteiger partial charge on any atom is -0.310 e. The molecule has 1 nitrogen and oxygen atoms in total. The second-order valence-electron chi connectivity index (χ2n) is 16.7. The summed E-state index contributed by atoms with van der Waals surface area (Å²) >= 11 is 0. The summed E-state index contributed by atoms with van der Waals surface area (Å²) in [7, 11) is 0. The highest BCUT2D eigenvalue weighted by atomic mass is 15.1. The zero-order valence-electron chi connectivity index (χ0n) is 33.5. The van der Waals surface area contributed by atoms with Crippen LogP contribution in [0.3, 0.4) is 0 Å². The Bertz CT molecular complexity index is 3300. The van der Waals surface area contributed by atoms with Gasteiger partial charge in [0.1, 0.15) is 0 Å². The van der Waals surface area contributed by atoms with E-state index in [-0.39, 0.29) is 0 Å². The first-order valence-electron chi connectivity index (χ1n) is 21.3. The lowest BCUT2D eigenvalue weighted by molar-refractivity contribution is 0.633. The maximum Gasteiger partial charge on any atom is 0.0720 e. The lowest BCUT2D eigenvalue weighted by Gasteiger charge is -2.49. The van der Waals surface area contributed by atoms with Gasteiger partial charge in [0.25, 0.3) is 0 Å². The van der Waals surface area contributed by atoms with Gasteiger partial charge < -0.3 is 4.90 Å². The Hall–Kier alpha value is -7.74. The molecule has 2 spiro atoms. The Kier molecular flexibility index (Phi) is 7.21. The molecule has 61 heavy (non-hydrogen) atoms. The van der Waals surface area contributed by atoms with Gasteiger partial charge in [-0.05, 0) is 125 Å². The third-order valence-electron chi connectivity index (χ3n) is 13.9. The molecule has 0 saturated carbocycles. The van der Waals surface area contributed by atoms with Crippen LogP contribution in [0.5, 0.6) is 0 Å². The average molecular weight is 774 g/mol. The first kappa shape index (κ1) is 34.2. The molecule has 0 saturated heterocycles. The minimum atomic E-state index is -0.576. The van der Waals surface area contributed by atoms with Crippen LogP contribution in [0.1, 0.15) is 44.5 Å². The average Bonchev–Trinajstić information content (AvgIpc) is 3.80. The summed E-state index contributed by atoms with van der Waals surface area (Å²) in [5.41, 5.74) is 20.5. The van der Waals surface area contributed by atoms with Gasteiger partial charge in [0.05, 0.1) is 10.8 Å². The number of fused-ring (bicyclic) bond motifs is 17. The van der Waals surface area contributed by atoms with Crippen molar-refractivity contribution in [3.05, 3.63) is 281 Å². The molecule has 0 bridgehead atoms. The van der Waals surface area contributed by atoms with Gasteiger partial charge in [-0.15, -0.1) is 0 Å². The maximum atomic E-state index is 2.56. The van der Waals surface area contributed by atoms with Crippen molar-refractivity contribution in [3.63, 3.8) is 0 Å². The maximum absolute atomic E-state index is 2.56. The van der Waals surface area contributed by atoms with E-state index in [1.165, 1.54) is 88.7 Å². The van der Waals surface area contributed by atoms with Gasteiger partial charge in [-0.1, -0.05) is 200 Å². The second-order valence-corrected chi connectivity index (χ2v) is 16.7. The number of rotatable bonds is 4. The van der Waals surface area contributed by atoms with Gasteiger partial charge in [-0.2, -0.15) is 0 Å². The SMILES string of the molecule is c1ccc(-c2cccc(N(c3ccc4c(c3)C3(c5ccccc5-c5ccccc53)c3ccccc3C43c4ccccc4-c4ccccc43)c3ccc4ccccc4c3)c2)cc1. The van der Waals surface area contributed by atoms with E-state index in [1.54, 1.807) is 0 Å². The molecule has 284 valence electrons. The normalized spacial score (nSPS) is 14.2. The first-order valence-corrected chi connectivity index (χ1v) is 21.3. The predicted octanol–water partition coefficient (Wildman–Crippen LogP) is 15.0. The van der Waals surface area contributed by atoms with Crippen LogP contribution in [-0.2, 0) is 10.8 Å². The summed E-state index contributed by atoms with van der Waals surface area (Å²) in [6, 6.07) is 88.7. The smallest absolute Gasteiger partial charge is 0.0720 e. The lowest BCUT2D eigenvalue weighted by Crippen LogP contribution is -2.43. The fourth-order valence-electron chi connectivity index (χ4n) is 11.6. The van der Waals surface area contributed by atoms with Crippen molar-refractivity contribution in [2.75, 3.05) is 4.90 Å². The monoisotopic (exact) mass is 773 g/mol. The van der Waals surface area contributed by atoms with Gasteiger partial charge in [0.2, 0.25) is 0 Å². The molecule has 0 atom stereocenters. The second kappa shape index (κ2) is 12.9. The van der Waals surface area contributed by atoms with Crippen molar-refractivity contribution in [1.82, 2.24) is 0 Å². The standard InChI is InChI=1S/C60H39N/c1-2-17-40(18-3-1)43-21-16-22-44(37-43)61(45-34-33-41-19-4-5-20-42(41)38-45)46-35-36-57-58(39-46)60(53-29-12-8-25-49(53)50-26-9-13-30-54(50)60)56-32-15-14-31-55(56)59(57)51-27-10-6-23-47(51)48-24-7-11-28-52(48)59/h1-39H. The van der Waals surface area contributed by atoms with E-state index in [2.05, 4.69) is 241 Å². The van der Waals surface area contributed by atoms with E-state index < -0.39 is 10.8 Å². The molecule has 0 radical (unpaired) electrons. The fourth-order valence-corrected chi connectivity index (χ4v) is 11.6. The van der Waals surface area contributed by atoms with Gasteiger partial charge >= 0.3 is 0 Å². The molecule has 0 unspecified atom stereocenters. The molecule has 0 N–H and O–H groups in total. The lowest BCUT2D eigenvalue weighted by atomic mass is 9.52. The van der Waals surface area contributed by atoms with Crippen molar-refractivity contribution in [2.45, 2.75) is 10.8 Å². The van der Waals surface area contributed by atoms with Gasteiger partial charge in [-0.25, -0.2) is 0 Å². The molecule has 0 aromatic heterocycles. The first-order chi connectivity index (χ1) is 30.3. The van der Waals surface area contributed by atoms with E-state index in [9.17, 15) is 0 Å². The van der Waals surface area contributed by atoms with E-state index in [1.807, 2.05) is 0 Å². The molecule has 10 aromatic rings. The zero-order chi connectivity index (χ0) is 40.1. The summed E-state index contributed by atoms with van der Waals surface area (Å²) < 4.78 is 0. The largest absolute Gasteiger partial charge is 0.310 e. The van der Waals surface area contributed by atoms with E-state index >= 15 is 0 Å². The predicted molar refractivity (Wildman–Crippen MR) is 252 cm³/mol. The summed E-state index contributed by atoms with van der Waals surface area (Å²) in [6.45, 7) is 0. The van der Waals surface area contributed by atoms with Gasteiger partial charge in [0, 0.05) is 17.1 Å². The van der Waals surface area contributed by atoms with Crippen LogP contribution in [0.2, 0.25) is 0 Å². The number of anilines is 3. The molecule has 0 aliphatic heterocycles. The van der Waals surface area contributed by atoms with E-state index in [0.29, 0.717) is 0 Å². The summed E-state index contributed by atoms with van der Waals surface area (Å²) in [6.07, 6.45) is 0.